The summed E-state index contributed by atoms with van der Waals surface area (Å²) in [6, 6.07) is 21.4. The molecule has 0 aliphatic carbocycles. The number of thioether (sulfide) groups is 2. The second-order valence-corrected chi connectivity index (χ2v) is 16.0. The van der Waals surface area contributed by atoms with Gasteiger partial charge in [-0.05, 0) is 38.8 Å². The Hall–Kier alpha value is -4.24. The van der Waals surface area contributed by atoms with E-state index in [1.54, 1.807) is 68.4 Å². The lowest BCUT2D eigenvalue weighted by atomic mass is 10.1. The number of aliphatic carboxylic acids is 2. The molecule has 50 heavy (non-hydrogen) atoms. The van der Waals surface area contributed by atoms with Crippen LogP contribution in [0.2, 0.25) is 0 Å². The van der Waals surface area contributed by atoms with Gasteiger partial charge in [0.15, 0.2) is 11.6 Å². The highest BCUT2D eigenvalue weighted by molar-refractivity contribution is 8.02. The maximum absolute atomic E-state index is 12.8. The largest absolute Gasteiger partial charge is 0.481 e. The normalized spacial score (nSPS) is 10.8. The van der Waals surface area contributed by atoms with Gasteiger partial charge in [0.2, 0.25) is 11.8 Å². The molecule has 2 aromatic heterocycles. The highest BCUT2D eigenvalue weighted by Gasteiger charge is 2.29. The summed E-state index contributed by atoms with van der Waals surface area (Å²) in [7, 11) is 0. The topological polar surface area (TPSA) is 167 Å². The number of thiophene rings is 2. The summed E-state index contributed by atoms with van der Waals surface area (Å²) >= 11 is 4.81. The van der Waals surface area contributed by atoms with Crippen LogP contribution < -0.4 is 10.6 Å². The van der Waals surface area contributed by atoms with Gasteiger partial charge >= 0.3 is 11.9 Å². The van der Waals surface area contributed by atoms with Crippen LogP contribution in [-0.2, 0) is 32.0 Å². The van der Waals surface area contributed by atoms with Crippen LogP contribution in [0.4, 0.5) is 10.0 Å². The average molecular weight is 755 g/mol. The fourth-order valence-electron chi connectivity index (χ4n) is 4.11. The highest BCUT2D eigenvalue weighted by atomic mass is 32.2. The summed E-state index contributed by atoms with van der Waals surface area (Å²) in [5.74, 6) is -2.95. The van der Waals surface area contributed by atoms with Crippen LogP contribution in [0.5, 0.6) is 0 Å². The van der Waals surface area contributed by atoms with Gasteiger partial charge < -0.3 is 20.8 Å². The van der Waals surface area contributed by atoms with E-state index in [9.17, 15) is 28.8 Å². The minimum atomic E-state index is -1.05. The molecule has 0 bridgehead atoms. The SMILES string of the molecule is CCc1cc(C(=O)c2ccccc2)c(NC(=O)CSC(C)(C)C(=O)O)s1.CCc1cc(C(=O)c2ccccc2)c(NC(=O)CSCC(=O)O)s1. The van der Waals surface area contributed by atoms with Gasteiger partial charge in [0.05, 0.1) is 28.4 Å². The monoisotopic (exact) mass is 754 g/mol. The Kier molecular flexibility index (Phi) is 15.5. The summed E-state index contributed by atoms with van der Waals surface area (Å²) < 4.78 is -1.05. The number of carbonyl (C=O) groups excluding carboxylic acids is 4. The number of carbonyl (C=O) groups is 6. The first-order chi connectivity index (χ1) is 23.7. The summed E-state index contributed by atoms with van der Waals surface area (Å²) in [6.07, 6.45) is 1.53. The Morgan fingerprint density at radius 1 is 0.660 bits per heavy atom. The predicted molar refractivity (Wildman–Crippen MR) is 204 cm³/mol. The molecule has 4 rings (SSSR count). The third-order valence-corrected chi connectivity index (χ3v) is 11.5. The van der Waals surface area contributed by atoms with Crippen molar-refractivity contribution < 1.29 is 39.0 Å². The number of amides is 2. The molecular formula is C36H38N2O8S4. The first-order valence-corrected chi connectivity index (χ1v) is 19.2. The first kappa shape index (κ1) is 40.2. The fourth-order valence-corrected chi connectivity index (χ4v) is 7.35. The van der Waals surface area contributed by atoms with E-state index in [1.807, 2.05) is 32.0 Å². The highest BCUT2D eigenvalue weighted by Crippen LogP contribution is 2.32. The van der Waals surface area contributed by atoms with Crippen molar-refractivity contribution in [1.82, 2.24) is 0 Å². The number of hydrogen-bond acceptors (Lipinski definition) is 10. The van der Waals surface area contributed by atoms with Gasteiger partial charge in [-0.25, -0.2) is 0 Å². The number of ketones is 2. The molecule has 2 amide bonds. The quantitative estimate of drug-likeness (QED) is 0.0848. The van der Waals surface area contributed by atoms with Gasteiger partial charge in [0, 0.05) is 20.9 Å². The van der Waals surface area contributed by atoms with Crippen LogP contribution >= 0.6 is 46.2 Å². The van der Waals surface area contributed by atoms with E-state index >= 15 is 0 Å². The lowest BCUT2D eigenvalue weighted by Gasteiger charge is -2.17. The summed E-state index contributed by atoms with van der Waals surface area (Å²) in [5, 5.41) is 24.3. The number of nitrogens with one attached hydrogen (secondary N) is 2. The summed E-state index contributed by atoms with van der Waals surface area (Å²) in [5.41, 5.74) is 2.06. The Labute approximate surface area is 307 Å². The van der Waals surface area contributed by atoms with Crippen LogP contribution in [-0.4, -0.2) is 67.5 Å². The first-order valence-electron chi connectivity index (χ1n) is 15.5. The molecule has 0 aliphatic heterocycles. The molecule has 4 aromatic rings. The molecule has 0 atom stereocenters. The van der Waals surface area contributed by atoms with Crippen molar-refractivity contribution in [3.05, 3.63) is 105 Å². The Morgan fingerprint density at radius 2 is 1.08 bits per heavy atom. The minimum absolute atomic E-state index is 0.00236. The van der Waals surface area contributed by atoms with Gasteiger partial charge in [0.1, 0.15) is 14.7 Å². The van der Waals surface area contributed by atoms with Crippen LogP contribution in [0, 0.1) is 0 Å². The third kappa shape index (κ3) is 12.0. The average Bonchev–Trinajstić information content (AvgIpc) is 3.71. The molecular weight excluding hydrogens is 717 g/mol. The van der Waals surface area contributed by atoms with Crippen molar-refractivity contribution in [2.75, 3.05) is 27.9 Å². The Balaban J connectivity index is 0.000000271. The van der Waals surface area contributed by atoms with E-state index < -0.39 is 16.7 Å². The Bertz CT molecular complexity index is 1820. The standard InChI is InChI=1S/C19H21NO4S2.C17H17NO4S2/c1-4-13-10-14(16(22)12-8-6-5-7-9-12)17(26-13)20-15(21)11-25-19(2,3)18(23)24;1-2-12-8-13(16(22)11-6-4-3-5-7-11)17(24-12)18-14(19)9-23-10-15(20)21/h5-10H,4,11H2,1-3H3,(H,20,21)(H,23,24);3-8H,2,9-10H2,1H3,(H,18,19)(H,20,21). The lowest BCUT2D eigenvalue weighted by Crippen LogP contribution is -2.29. The van der Waals surface area contributed by atoms with Crippen LogP contribution in [0.1, 0.15) is 69.3 Å². The van der Waals surface area contributed by atoms with Crippen LogP contribution in [0.25, 0.3) is 0 Å². The zero-order valence-electron chi connectivity index (χ0n) is 27.9. The second-order valence-electron chi connectivity index (χ2n) is 11.1. The van der Waals surface area contributed by atoms with E-state index in [2.05, 4.69) is 10.6 Å². The molecule has 0 saturated heterocycles. The molecule has 4 N–H and O–H groups in total. The van der Waals surface area contributed by atoms with E-state index in [0.29, 0.717) is 32.3 Å². The van der Waals surface area contributed by atoms with E-state index in [1.165, 1.54) is 22.7 Å². The van der Waals surface area contributed by atoms with Crippen LogP contribution in [0.15, 0.2) is 72.8 Å². The number of rotatable bonds is 16. The molecule has 2 heterocycles. The van der Waals surface area contributed by atoms with Gasteiger partial charge in [-0.15, -0.1) is 46.2 Å². The molecule has 0 spiro atoms. The molecule has 264 valence electrons. The number of carboxylic acid groups (broad SMARTS) is 2. The van der Waals surface area contributed by atoms with Gasteiger partial charge in [-0.1, -0.05) is 74.5 Å². The summed E-state index contributed by atoms with van der Waals surface area (Å²) in [4.78, 5) is 73.3. The number of benzene rings is 2. The molecule has 14 heteroatoms. The smallest absolute Gasteiger partial charge is 0.319 e. The summed E-state index contributed by atoms with van der Waals surface area (Å²) in [6.45, 7) is 7.08. The Morgan fingerprint density at radius 3 is 1.46 bits per heavy atom. The van der Waals surface area contributed by atoms with E-state index in [0.717, 1.165) is 46.1 Å². The number of carboxylic acids is 2. The predicted octanol–water partition coefficient (Wildman–Crippen LogP) is 7.37. The van der Waals surface area contributed by atoms with Crippen molar-refractivity contribution in [3.8, 4) is 0 Å². The van der Waals surface area contributed by atoms with Crippen molar-refractivity contribution in [2.24, 2.45) is 0 Å². The van der Waals surface area contributed by atoms with E-state index in [-0.39, 0.29) is 40.6 Å². The number of aryl methyl sites for hydroxylation is 2. The fraction of sp³-hybridized carbons (Fsp3) is 0.278. The molecule has 0 unspecified atom stereocenters. The number of anilines is 2. The number of hydrogen-bond donors (Lipinski definition) is 4. The van der Waals surface area contributed by atoms with Gasteiger partial charge in [-0.3, -0.25) is 28.8 Å². The molecule has 0 aliphatic rings. The van der Waals surface area contributed by atoms with Crippen molar-refractivity contribution in [1.29, 1.82) is 0 Å². The molecule has 0 fully saturated rings. The molecule has 10 nitrogen and oxygen atoms in total. The van der Waals surface area contributed by atoms with Gasteiger partial charge in [0.25, 0.3) is 0 Å². The minimum Gasteiger partial charge on any atom is -0.481 e. The second kappa shape index (κ2) is 19.2. The van der Waals surface area contributed by atoms with E-state index in [4.69, 9.17) is 10.2 Å². The third-order valence-electron chi connectivity index (χ3n) is 6.87. The zero-order valence-corrected chi connectivity index (χ0v) is 31.2. The lowest BCUT2D eigenvalue weighted by molar-refractivity contribution is -0.139. The molecule has 2 aromatic carbocycles. The van der Waals surface area contributed by atoms with Gasteiger partial charge in [-0.2, -0.15) is 0 Å². The maximum atomic E-state index is 12.8. The van der Waals surface area contributed by atoms with Crippen molar-refractivity contribution >= 4 is 91.5 Å². The van der Waals surface area contributed by atoms with Crippen LogP contribution in [0.3, 0.4) is 0 Å². The maximum Gasteiger partial charge on any atom is 0.319 e. The molecule has 0 radical (unpaired) electrons. The van der Waals surface area contributed by atoms with Crippen molar-refractivity contribution in [2.45, 2.75) is 45.3 Å². The van der Waals surface area contributed by atoms with Crippen molar-refractivity contribution in [3.63, 3.8) is 0 Å². The molecule has 0 saturated carbocycles. The zero-order chi connectivity index (χ0) is 36.8.